The molecular formula is C11H21N3O4. The van der Waals surface area contributed by atoms with Gasteiger partial charge in [0.15, 0.2) is 0 Å². The second kappa shape index (κ2) is 7.88. The van der Waals surface area contributed by atoms with Gasteiger partial charge in [0.1, 0.15) is 0 Å². The molecular weight excluding hydrogens is 238 g/mol. The second-order valence-corrected chi connectivity index (χ2v) is 4.24. The summed E-state index contributed by atoms with van der Waals surface area (Å²) in [7, 11) is 1.63. The van der Waals surface area contributed by atoms with Crippen molar-refractivity contribution in [2.45, 2.75) is 6.42 Å². The largest absolute Gasteiger partial charge is 0.480 e. The normalized spacial score (nSPS) is 16.6. The standard InChI is InChI=1S/C11H21N3O4/c1-18-8-2-3-12-11(17)14-6-4-13(5-7-14)9-10(15)16/h2-9H2,1H3,(H,12,17)(H,15,16). The van der Waals surface area contributed by atoms with Gasteiger partial charge in [0.2, 0.25) is 0 Å². The SMILES string of the molecule is COCCCNC(=O)N1CCN(CC(=O)O)CC1. The van der Waals surface area contributed by atoms with Gasteiger partial charge in [0.25, 0.3) is 0 Å². The molecule has 1 rings (SSSR count). The monoisotopic (exact) mass is 259 g/mol. The quantitative estimate of drug-likeness (QED) is 0.625. The molecule has 1 fully saturated rings. The van der Waals surface area contributed by atoms with E-state index in [2.05, 4.69) is 5.32 Å². The highest BCUT2D eigenvalue weighted by Gasteiger charge is 2.21. The number of nitrogens with one attached hydrogen (secondary N) is 1. The fourth-order valence-corrected chi connectivity index (χ4v) is 1.82. The number of carboxylic acid groups (broad SMARTS) is 1. The highest BCUT2D eigenvalue weighted by atomic mass is 16.5. The molecule has 0 spiro atoms. The fraction of sp³-hybridized carbons (Fsp3) is 0.818. The zero-order valence-electron chi connectivity index (χ0n) is 10.7. The number of carbonyl (C=O) groups excluding carboxylic acids is 1. The van der Waals surface area contributed by atoms with Crippen LogP contribution >= 0.6 is 0 Å². The topological polar surface area (TPSA) is 82.1 Å². The van der Waals surface area contributed by atoms with Crippen molar-refractivity contribution in [3.8, 4) is 0 Å². The van der Waals surface area contributed by atoms with E-state index in [9.17, 15) is 9.59 Å². The molecule has 1 saturated heterocycles. The Kier molecular flexibility index (Phi) is 6.45. The number of ether oxygens (including phenoxy) is 1. The van der Waals surface area contributed by atoms with Crippen LogP contribution in [0.4, 0.5) is 4.79 Å². The number of carbonyl (C=O) groups is 2. The predicted octanol–water partition coefficient (Wildman–Crippen LogP) is -0.565. The Hall–Kier alpha value is -1.34. The average molecular weight is 259 g/mol. The molecule has 0 atom stereocenters. The van der Waals surface area contributed by atoms with Crippen molar-refractivity contribution in [3.63, 3.8) is 0 Å². The smallest absolute Gasteiger partial charge is 0.317 e. The van der Waals surface area contributed by atoms with Gasteiger partial charge in [-0.1, -0.05) is 0 Å². The summed E-state index contributed by atoms with van der Waals surface area (Å²) in [6.07, 6.45) is 0.793. The molecule has 2 amide bonds. The lowest BCUT2D eigenvalue weighted by molar-refractivity contribution is -0.138. The fourth-order valence-electron chi connectivity index (χ4n) is 1.82. The van der Waals surface area contributed by atoms with Crippen LogP contribution < -0.4 is 5.32 Å². The van der Waals surface area contributed by atoms with E-state index in [1.807, 2.05) is 4.90 Å². The maximum absolute atomic E-state index is 11.7. The van der Waals surface area contributed by atoms with Crippen molar-refractivity contribution < 1.29 is 19.4 Å². The number of hydrogen-bond acceptors (Lipinski definition) is 4. The van der Waals surface area contributed by atoms with Crippen molar-refractivity contribution in [1.82, 2.24) is 15.1 Å². The highest BCUT2D eigenvalue weighted by molar-refractivity contribution is 5.74. The molecule has 7 nitrogen and oxygen atoms in total. The van der Waals surface area contributed by atoms with Crippen molar-refractivity contribution >= 4 is 12.0 Å². The molecule has 0 radical (unpaired) electrons. The summed E-state index contributed by atoms with van der Waals surface area (Å²) in [5, 5.41) is 11.5. The maximum atomic E-state index is 11.7. The third-order valence-corrected chi connectivity index (χ3v) is 2.82. The highest BCUT2D eigenvalue weighted by Crippen LogP contribution is 2.01. The second-order valence-electron chi connectivity index (χ2n) is 4.24. The summed E-state index contributed by atoms with van der Waals surface area (Å²) in [5.41, 5.74) is 0. The molecule has 7 heteroatoms. The Morgan fingerprint density at radius 3 is 2.50 bits per heavy atom. The molecule has 0 aliphatic carbocycles. The van der Waals surface area contributed by atoms with Crippen molar-refractivity contribution in [1.29, 1.82) is 0 Å². The van der Waals surface area contributed by atoms with Crippen LogP contribution in [-0.2, 0) is 9.53 Å². The van der Waals surface area contributed by atoms with Gasteiger partial charge in [0.05, 0.1) is 6.54 Å². The van der Waals surface area contributed by atoms with Crippen LogP contribution in [0.1, 0.15) is 6.42 Å². The molecule has 0 aromatic carbocycles. The molecule has 1 heterocycles. The summed E-state index contributed by atoms with van der Waals surface area (Å²) in [5.74, 6) is -0.826. The minimum Gasteiger partial charge on any atom is -0.480 e. The van der Waals surface area contributed by atoms with Crippen LogP contribution in [0, 0.1) is 0 Å². The van der Waals surface area contributed by atoms with E-state index in [4.69, 9.17) is 9.84 Å². The molecule has 0 bridgehead atoms. The van der Waals surface area contributed by atoms with E-state index in [0.29, 0.717) is 39.3 Å². The van der Waals surface area contributed by atoms with E-state index >= 15 is 0 Å². The maximum Gasteiger partial charge on any atom is 0.317 e. The third kappa shape index (κ3) is 5.33. The lowest BCUT2D eigenvalue weighted by Gasteiger charge is -2.33. The lowest BCUT2D eigenvalue weighted by atomic mass is 10.3. The molecule has 0 aromatic heterocycles. The average Bonchev–Trinajstić information content (AvgIpc) is 2.34. The van der Waals surface area contributed by atoms with Gasteiger partial charge >= 0.3 is 12.0 Å². The molecule has 0 aromatic rings. The number of urea groups is 1. The van der Waals surface area contributed by atoms with Gasteiger partial charge in [-0.25, -0.2) is 4.79 Å². The van der Waals surface area contributed by atoms with Crippen LogP contribution in [-0.4, -0.2) is 79.9 Å². The summed E-state index contributed by atoms with van der Waals surface area (Å²) in [6.45, 7) is 3.64. The zero-order valence-corrected chi connectivity index (χ0v) is 10.7. The van der Waals surface area contributed by atoms with E-state index in [-0.39, 0.29) is 12.6 Å². The number of amides is 2. The summed E-state index contributed by atoms with van der Waals surface area (Å²) in [6, 6.07) is -0.0823. The Balaban J connectivity index is 2.17. The number of carboxylic acids is 1. The minimum atomic E-state index is -0.826. The first-order valence-corrected chi connectivity index (χ1v) is 6.09. The Morgan fingerprint density at radius 2 is 1.94 bits per heavy atom. The molecule has 2 N–H and O–H groups in total. The number of nitrogens with zero attached hydrogens (tertiary/aromatic N) is 2. The molecule has 1 aliphatic heterocycles. The van der Waals surface area contributed by atoms with Crippen LogP contribution in [0.3, 0.4) is 0 Å². The molecule has 1 aliphatic rings. The van der Waals surface area contributed by atoms with Crippen molar-refractivity contribution in [2.24, 2.45) is 0 Å². The number of aliphatic carboxylic acids is 1. The Labute approximate surface area is 107 Å². The number of methoxy groups -OCH3 is 1. The molecule has 18 heavy (non-hydrogen) atoms. The predicted molar refractivity (Wildman–Crippen MR) is 65.5 cm³/mol. The van der Waals surface area contributed by atoms with E-state index in [1.165, 1.54) is 0 Å². The van der Waals surface area contributed by atoms with E-state index in [0.717, 1.165) is 6.42 Å². The molecule has 0 unspecified atom stereocenters. The van der Waals surface area contributed by atoms with Gasteiger partial charge in [-0.3, -0.25) is 9.69 Å². The van der Waals surface area contributed by atoms with Gasteiger partial charge in [-0.15, -0.1) is 0 Å². The van der Waals surface area contributed by atoms with Crippen LogP contribution in [0.25, 0.3) is 0 Å². The Morgan fingerprint density at radius 1 is 1.28 bits per heavy atom. The molecule has 104 valence electrons. The number of hydrogen-bond donors (Lipinski definition) is 2. The summed E-state index contributed by atoms with van der Waals surface area (Å²) >= 11 is 0. The van der Waals surface area contributed by atoms with Gasteiger partial charge in [-0.2, -0.15) is 0 Å². The zero-order chi connectivity index (χ0) is 13.4. The van der Waals surface area contributed by atoms with Crippen molar-refractivity contribution in [2.75, 3.05) is 53.0 Å². The summed E-state index contributed by atoms with van der Waals surface area (Å²) < 4.78 is 4.89. The van der Waals surface area contributed by atoms with Crippen molar-refractivity contribution in [3.05, 3.63) is 0 Å². The third-order valence-electron chi connectivity index (χ3n) is 2.82. The number of rotatable bonds is 6. The first-order chi connectivity index (χ1) is 8.63. The van der Waals surface area contributed by atoms with Crippen LogP contribution in [0.2, 0.25) is 0 Å². The number of piperazine rings is 1. The van der Waals surface area contributed by atoms with Crippen LogP contribution in [0.15, 0.2) is 0 Å². The first kappa shape index (κ1) is 14.7. The van der Waals surface area contributed by atoms with E-state index < -0.39 is 5.97 Å². The molecule has 0 saturated carbocycles. The minimum absolute atomic E-state index is 0.0449. The van der Waals surface area contributed by atoms with Crippen LogP contribution in [0.5, 0.6) is 0 Å². The van der Waals surface area contributed by atoms with Gasteiger partial charge in [0, 0.05) is 46.4 Å². The Bertz CT molecular complexity index is 277. The van der Waals surface area contributed by atoms with Gasteiger partial charge in [-0.05, 0) is 6.42 Å². The van der Waals surface area contributed by atoms with Gasteiger partial charge < -0.3 is 20.1 Å². The summed E-state index contributed by atoms with van der Waals surface area (Å²) in [4.78, 5) is 25.8. The first-order valence-electron chi connectivity index (χ1n) is 6.09. The van der Waals surface area contributed by atoms with E-state index in [1.54, 1.807) is 12.0 Å². The lowest BCUT2D eigenvalue weighted by Crippen LogP contribution is -2.52.